The molecule has 0 N–H and O–H groups in total. The van der Waals surface area contributed by atoms with Crippen LogP contribution in [0.5, 0.6) is 0 Å². The molecule has 0 aliphatic heterocycles. The first-order valence-corrected chi connectivity index (χ1v) is 9.80. The molecule has 7 rings (SSSR count). The molecule has 0 heteroatoms. The summed E-state index contributed by atoms with van der Waals surface area (Å²) in [4.78, 5) is 0. The third kappa shape index (κ3) is 1.66. The molecule has 0 atom stereocenters. The van der Waals surface area contributed by atoms with Gasteiger partial charge in [0.1, 0.15) is 0 Å². The Kier molecular flexibility index (Phi) is 2.57. The zero-order valence-electron chi connectivity index (χ0n) is 15.2. The summed E-state index contributed by atoms with van der Waals surface area (Å²) in [7, 11) is 0. The molecule has 0 bridgehead atoms. The van der Waals surface area contributed by atoms with Crippen LogP contribution in [0.1, 0.15) is 16.7 Å². The van der Waals surface area contributed by atoms with Crippen molar-refractivity contribution in [3.8, 4) is 22.3 Å². The number of hydrogen-bond donors (Lipinski definition) is 0. The highest BCUT2D eigenvalue weighted by Gasteiger charge is 2.27. The van der Waals surface area contributed by atoms with E-state index in [1.54, 1.807) is 0 Å². The largest absolute Gasteiger partial charge is 0.0616 e. The van der Waals surface area contributed by atoms with Gasteiger partial charge in [-0.15, -0.1) is 0 Å². The van der Waals surface area contributed by atoms with Gasteiger partial charge in [0.2, 0.25) is 0 Å². The highest BCUT2D eigenvalue weighted by atomic mass is 14.3. The molecule has 0 spiro atoms. The third-order valence-corrected chi connectivity index (χ3v) is 6.35. The van der Waals surface area contributed by atoms with Gasteiger partial charge in [-0.25, -0.2) is 0 Å². The van der Waals surface area contributed by atoms with Crippen LogP contribution in [-0.4, -0.2) is 0 Å². The van der Waals surface area contributed by atoms with Crippen LogP contribution in [0, 0.1) is 0 Å². The molecular weight excluding hydrogens is 336 g/mol. The predicted molar refractivity (Wildman–Crippen MR) is 119 cm³/mol. The average Bonchev–Trinajstić information content (AvgIpc) is 3.29. The first-order chi connectivity index (χ1) is 13.9. The van der Waals surface area contributed by atoms with Gasteiger partial charge in [0.25, 0.3) is 0 Å². The van der Waals surface area contributed by atoms with Crippen LogP contribution in [0.4, 0.5) is 0 Å². The average molecular weight is 352 g/mol. The Morgan fingerprint density at radius 1 is 0.393 bits per heavy atom. The molecule has 2 aliphatic rings. The maximum absolute atomic E-state index is 2.37. The normalized spacial score (nSPS) is 13.2. The fourth-order valence-electron chi connectivity index (χ4n) is 5.21. The van der Waals surface area contributed by atoms with Crippen molar-refractivity contribution in [1.29, 1.82) is 0 Å². The molecule has 0 radical (unpaired) electrons. The minimum absolute atomic E-state index is 1.32. The van der Waals surface area contributed by atoms with Gasteiger partial charge in [0.05, 0.1) is 0 Å². The van der Waals surface area contributed by atoms with E-state index in [-0.39, 0.29) is 0 Å². The lowest BCUT2D eigenvalue weighted by Crippen LogP contribution is -1.90. The predicted octanol–water partition coefficient (Wildman–Crippen LogP) is 7.54. The van der Waals surface area contributed by atoms with Crippen molar-refractivity contribution in [2.45, 2.75) is 0 Å². The Morgan fingerprint density at radius 2 is 1.07 bits per heavy atom. The molecule has 28 heavy (non-hydrogen) atoms. The quantitative estimate of drug-likeness (QED) is 0.286. The molecule has 5 aromatic carbocycles. The number of fused-ring (bicyclic) bond motifs is 3. The first-order valence-electron chi connectivity index (χ1n) is 9.80. The molecule has 2 aliphatic carbocycles. The van der Waals surface area contributed by atoms with Crippen LogP contribution in [0.15, 0.2) is 91.0 Å². The molecule has 0 heterocycles. The van der Waals surface area contributed by atoms with Crippen LogP contribution in [-0.2, 0) is 0 Å². The molecular formula is C28H16. The van der Waals surface area contributed by atoms with Crippen molar-refractivity contribution in [1.82, 2.24) is 0 Å². The van der Waals surface area contributed by atoms with E-state index in [4.69, 9.17) is 0 Å². The Bertz CT molecular complexity index is 1490. The second-order valence-corrected chi connectivity index (χ2v) is 7.75. The summed E-state index contributed by atoms with van der Waals surface area (Å²) in [5.74, 6) is 0. The molecule has 128 valence electrons. The zero-order valence-corrected chi connectivity index (χ0v) is 15.2. The lowest BCUT2D eigenvalue weighted by molar-refractivity contribution is 1.63. The molecule has 0 amide bonds. The van der Waals surface area contributed by atoms with Crippen molar-refractivity contribution in [2.24, 2.45) is 0 Å². The van der Waals surface area contributed by atoms with Gasteiger partial charge >= 0.3 is 0 Å². The van der Waals surface area contributed by atoms with Gasteiger partial charge in [0.15, 0.2) is 0 Å². The van der Waals surface area contributed by atoms with E-state index in [9.17, 15) is 0 Å². The highest BCUT2D eigenvalue weighted by Crippen LogP contribution is 2.52. The Hall–Kier alpha value is -3.64. The summed E-state index contributed by atoms with van der Waals surface area (Å²) in [6.45, 7) is 0. The molecule has 0 aromatic heterocycles. The lowest BCUT2D eigenvalue weighted by atomic mass is 9.90. The maximum Gasteiger partial charge on any atom is -0.00141 e. The molecule has 0 unspecified atom stereocenters. The minimum Gasteiger partial charge on any atom is -0.0616 e. The summed E-state index contributed by atoms with van der Waals surface area (Å²) >= 11 is 0. The van der Waals surface area contributed by atoms with Crippen molar-refractivity contribution in [3.05, 3.63) is 108 Å². The Labute approximate surface area is 163 Å². The first kappa shape index (κ1) is 14.4. The summed E-state index contributed by atoms with van der Waals surface area (Å²) in [5, 5.41) is 5.42. The van der Waals surface area contributed by atoms with Crippen molar-refractivity contribution >= 4 is 33.2 Å². The zero-order chi connectivity index (χ0) is 18.2. The van der Waals surface area contributed by atoms with E-state index >= 15 is 0 Å². The Balaban J connectivity index is 1.62. The minimum atomic E-state index is 1.32. The lowest BCUT2D eigenvalue weighted by Gasteiger charge is -2.13. The van der Waals surface area contributed by atoms with E-state index in [0.717, 1.165) is 0 Å². The SMILES string of the molecule is C1=C(c2ccc3cccc4c3c2-c2ccccc2-4)c2cccc3cccc1c23. The van der Waals surface area contributed by atoms with E-state index < -0.39 is 0 Å². The highest BCUT2D eigenvalue weighted by molar-refractivity contribution is 6.22. The van der Waals surface area contributed by atoms with E-state index in [2.05, 4.69) is 97.1 Å². The van der Waals surface area contributed by atoms with Crippen LogP contribution >= 0.6 is 0 Å². The number of rotatable bonds is 1. The smallest absolute Gasteiger partial charge is 0.00141 e. The van der Waals surface area contributed by atoms with Gasteiger partial charge in [0, 0.05) is 0 Å². The summed E-state index contributed by atoms with van der Waals surface area (Å²) in [5.41, 5.74) is 10.8. The summed E-state index contributed by atoms with van der Waals surface area (Å²) in [6.07, 6.45) is 2.37. The van der Waals surface area contributed by atoms with Crippen LogP contribution in [0.25, 0.3) is 55.4 Å². The molecule has 0 nitrogen and oxygen atoms in total. The fraction of sp³-hybridized carbons (Fsp3) is 0. The second kappa shape index (κ2) is 4.99. The number of benzene rings is 5. The molecule has 5 aromatic rings. The van der Waals surface area contributed by atoms with Gasteiger partial charge in [-0.3, -0.25) is 0 Å². The fourth-order valence-corrected chi connectivity index (χ4v) is 5.21. The third-order valence-electron chi connectivity index (χ3n) is 6.35. The van der Waals surface area contributed by atoms with Crippen LogP contribution < -0.4 is 0 Å². The maximum atomic E-state index is 2.37. The van der Waals surface area contributed by atoms with Gasteiger partial charge in [-0.05, 0) is 72.1 Å². The monoisotopic (exact) mass is 352 g/mol. The van der Waals surface area contributed by atoms with Gasteiger partial charge < -0.3 is 0 Å². The summed E-state index contributed by atoms with van der Waals surface area (Å²) < 4.78 is 0. The van der Waals surface area contributed by atoms with Crippen molar-refractivity contribution < 1.29 is 0 Å². The molecule has 0 saturated carbocycles. The summed E-state index contributed by atoms with van der Waals surface area (Å²) in [6, 6.07) is 33.4. The molecule has 0 fully saturated rings. The molecule has 0 saturated heterocycles. The van der Waals surface area contributed by atoms with Crippen molar-refractivity contribution in [2.75, 3.05) is 0 Å². The Morgan fingerprint density at radius 3 is 1.93 bits per heavy atom. The van der Waals surface area contributed by atoms with E-state index in [1.165, 1.54) is 66.1 Å². The van der Waals surface area contributed by atoms with Crippen LogP contribution in [0.3, 0.4) is 0 Å². The van der Waals surface area contributed by atoms with E-state index in [1.807, 2.05) is 0 Å². The van der Waals surface area contributed by atoms with Gasteiger partial charge in [-0.1, -0.05) is 91.0 Å². The number of hydrogen-bond acceptors (Lipinski definition) is 0. The van der Waals surface area contributed by atoms with Crippen LogP contribution in [0.2, 0.25) is 0 Å². The topological polar surface area (TPSA) is 0 Å². The standard InChI is InChI=1S/C28H16/c1-2-11-22-20(10-1)21-12-5-8-18-14-15-24(28(22)27(18)21)25-16-19-9-3-6-17-7-4-13-23(25)26(17)19/h1-16H. The van der Waals surface area contributed by atoms with E-state index in [0.29, 0.717) is 0 Å². The second-order valence-electron chi connectivity index (χ2n) is 7.75. The van der Waals surface area contributed by atoms with Gasteiger partial charge in [-0.2, -0.15) is 0 Å². The van der Waals surface area contributed by atoms with Crippen molar-refractivity contribution in [3.63, 3.8) is 0 Å².